The number of rotatable bonds is 11. The molecule has 0 aliphatic heterocycles. The minimum absolute atomic E-state index is 0.0211. The molecule has 0 aliphatic rings. The molecular formula is C13H26O4. The maximum absolute atomic E-state index is 11.2. The Kier molecular flexibility index (Phi) is 11.4. The fourth-order valence-electron chi connectivity index (χ4n) is 1.59. The Morgan fingerprint density at radius 2 is 1.88 bits per heavy atom. The largest absolute Gasteiger partial charge is 0.466 e. The number of carbonyl (C=O) groups excluding carboxylic acids is 1. The Hall–Kier alpha value is -0.610. The van der Waals surface area contributed by atoms with Crippen molar-refractivity contribution >= 4 is 5.97 Å². The molecule has 0 bridgehead atoms. The molecule has 1 atom stereocenters. The third-order valence-electron chi connectivity index (χ3n) is 2.61. The summed E-state index contributed by atoms with van der Waals surface area (Å²) in [6, 6.07) is 0. The van der Waals surface area contributed by atoms with Gasteiger partial charge in [0, 0.05) is 13.0 Å². The summed E-state index contributed by atoms with van der Waals surface area (Å²) < 4.78 is 4.84. The summed E-state index contributed by atoms with van der Waals surface area (Å²) in [5.74, 6) is -0.375. The van der Waals surface area contributed by atoms with Crippen molar-refractivity contribution in [3.8, 4) is 0 Å². The second-order valence-electron chi connectivity index (χ2n) is 4.36. The lowest BCUT2D eigenvalue weighted by Gasteiger charge is -2.10. The molecule has 0 fully saturated rings. The minimum Gasteiger partial charge on any atom is -0.466 e. The van der Waals surface area contributed by atoms with Crippen LogP contribution in [0.4, 0.5) is 0 Å². The first-order chi connectivity index (χ1) is 8.20. The van der Waals surface area contributed by atoms with Crippen molar-refractivity contribution in [3.05, 3.63) is 0 Å². The lowest BCUT2D eigenvalue weighted by Crippen LogP contribution is -2.16. The number of hydrogen-bond acceptors (Lipinski definition) is 4. The maximum Gasteiger partial charge on any atom is 0.308 e. The SMILES string of the molecule is CCCCCCCC(O)CC(=O)OCCCO. The highest BCUT2D eigenvalue weighted by molar-refractivity contribution is 5.69. The maximum atomic E-state index is 11.2. The predicted octanol–water partition coefficient (Wildman–Crippen LogP) is 2.02. The van der Waals surface area contributed by atoms with Crippen molar-refractivity contribution in [2.24, 2.45) is 0 Å². The summed E-state index contributed by atoms with van der Waals surface area (Å²) in [7, 11) is 0. The second kappa shape index (κ2) is 11.9. The molecule has 0 heterocycles. The van der Waals surface area contributed by atoms with E-state index in [1.54, 1.807) is 0 Å². The van der Waals surface area contributed by atoms with Crippen molar-refractivity contribution in [2.45, 2.75) is 64.4 Å². The molecule has 4 nitrogen and oxygen atoms in total. The van der Waals surface area contributed by atoms with Crippen LogP contribution in [-0.2, 0) is 9.53 Å². The highest BCUT2D eigenvalue weighted by Crippen LogP contribution is 2.09. The fraction of sp³-hybridized carbons (Fsp3) is 0.923. The summed E-state index contributed by atoms with van der Waals surface area (Å²) in [5.41, 5.74) is 0. The quantitative estimate of drug-likeness (QED) is 0.432. The Morgan fingerprint density at radius 1 is 1.18 bits per heavy atom. The Balaban J connectivity index is 3.37. The molecule has 17 heavy (non-hydrogen) atoms. The van der Waals surface area contributed by atoms with E-state index in [4.69, 9.17) is 9.84 Å². The molecule has 0 spiro atoms. The van der Waals surface area contributed by atoms with E-state index in [0.717, 1.165) is 12.8 Å². The van der Waals surface area contributed by atoms with Crippen molar-refractivity contribution in [1.82, 2.24) is 0 Å². The molecule has 0 saturated heterocycles. The Bertz CT molecular complexity index is 182. The van der Waals surface area contributed by atoms with Gasteiger partial charge in [-0.1, -0.05) is 39.0 Å². The Labute approximate surface area is 104 Å². The lowest BCUT2D eigenvalue weighted by atomic mass is 10.1. The average Bonchev–Trinajstić information content (AvgIpc) is 2.29. The van der Waals surface area contributed by atoms with E-state index < -0.39 is 6.10 Å². The fourth-order valence-corrected chi connectivity index (χ4v) is 1.59. The summed E-state index contributed by atoms with van der Waals surface area (Å²) in [6.45, 7) is 2.42. The van der Waals surface area contributed by atoms with Crippen LogP contribution in [0.1, 0.15) is 58.3 Å². The van der Waals surface area contributed by atoms with Crippen molar-refractivity contribution in [3.63, 3.8) is 0 Å². The molecule has 0 rings (SSSR count). The number of aliphatic hydroxyl groups excluding tert-OH is 2. The zero-order valence-electron chi connectivity index (χ0n) is 10.9. The monoisotopic (exact) mass is 246 g/mol. The van der Waals surface area contributed by atoms with Crippen LogP contribution in [0, 0.1) is 0 Å². The highest BCUT2D eigenvalue weighted by Gasteiger charge is 2.11. The van der Waals surface area contributed by atoms with Crippen LogP contribution < -0.4 is 0 Å². The molecule has 2 N–H and O–H groups in total. The molecule has 0 aromatic carbocycles. The van der Waals surface area contributed by atoms with Crippen LogP contribution in [-0.4, -0.2) is 35.5 Å². The van der Waals surface area contributed by atoms with Gasteiger partial charge in [0.05, 0.1) is 19.1 Å². The lowest BCUT2D eigenvalue weighted by molar-refractivity contribution is -0.146. The van der Waals surface area contributed by atoms with Crippen molar-refractivity contribution in [1.29, 1.82) is 0 Å². The summed E-state index contributed by atoms with van der Waals surface area (Å²) >= 11 is 0. The molecule has 0 aromatic heterocycles. The number of esters is 1. The molecule has 0 aliphatic carbocycles. The minimum atomic E-state index is -0.585. The van der Waals surface area contributed by atoms with E-state index in [1.165, 1.54) is 19.3 Å². The first-order valence-electron chi connectivity index (χ1n) is 6.65. The normalized spacial score (nSPS) is 12.4. The van der Waals surface area contributed by atoms with Gasteiger partial charge in [0.1, 0.15) is 0 Å². The molecule has 1 unspecified atom stereocenters. The van der Waals surface area contributed by atoms with E-state index in [-0.39, 0.29) is 25.6 Å². The van der Waals surface area contributed by atoms with Gasteiger partial charge in [0.25, 0.3) is 0 Å². The van der Waals surface area contributed by atoms with Gasteiger partial charge in [0.2, 0.25) is 0 Å². The van der Waals surface area contributed by atoms with Gasteiger partial charge in [-0.25, -0.2) is 0 Å². The average molecular weight is 246 g/mol. The number of ether oxygens (including phenoxy) is 1. The van der Waals surface area contributed by atoms with Gasteiger partial charge in [-0.15, -0.1) is 0 Å². The summed E-state index contributed by atoms with van der Waals surface area (Å²) in [6.07, 6.45) is 6.33. The van der Waals surface area contributed by atoms with Crippen LogP contribution in [0.5, 0.6) is 0 Å². The van der Waals surface area contributed by atoms with Crippen LogP contribution in [0.15, 0.2) is 0 Å². The van der Waals surface area contributed by atoms with Crippen LogP contribution in [0.25, 0.3) is 0 Å². The standard InChI is InChI=1S/C13H26O4/c1-2-3-4-5-6-8-12(15)11-13(16)17-10-7-9-14/h12,14-15H,2-11H2,1H3. The number of carbonyl (C=O) groups is 1. The van der Waals surface area contributed by atoms with Gasteiger partial charge >= 0.3 is 5.97 Å². The van der Waals surface area contributed by atoms with Gasteiger partial charge in [-0.05, 0) is 6.42 Å². The highest BCUT2D eigenvalue weighted by atomic mass is 16.5. The summed E-state index contributed by atoms with van der Waals surface area (Å²) in [4.78, 5) is 11.2. The molecule has 102 valence electrons. The van der Waals surface area contributed by atoms with E-state index >= 15 is 0 Å². The van der Waals surface area contributed by atoms with Crippen LogP contribution >= 0.6 is 0 Å². The first-order valence-corrected chi connectivity index (χ1v) is 6.65. The van der Waals surface area contributed by atoms with E-state index in [9.17, 15) is 9.90 Å². The van der Waals surface area contributed by atoms with Crippen molar-refractivity contribution in [2.75, 3.05) is 13.2 Å². The number of unbranched alkanes of at least 4 members (excludes halogenated alkanes) is 4. The zero-order valence-corrected chi connectivity index (χ0v) is 10.9. The van der Waals surface area contributed by atoms with Gasteiger partial charge < -0.3 is 14.9 Å². The van der Waals surface area contributed by atoms with Crippen LogP contribution in [0.2, 0.25) is 0 Å². The first kappa shape index (κ1) is 16.4. The molecule has 0 amide bonds. The second-order valence-corrected chi connectivity index (χ2v) is 4.36. The number of hydrogen-bond donors (Lipinski definition) is 2. The molecule has 4 heteroatoms. The third kappa shape index (κ3) is 11.6. The topological polar surface area (TPSA) is 66.8 Å². The van der Waals surface area contributed by atoms with Gasteiger partial charge in [-0.3, -0.25) is 4.79 Å². The van der Waals surface area contributed by atoms with Gasteiger partial charge in [-0.2, -0.15) is 0 Å². The molecule has 0 saturated carbocycles. The molecular weight excluding hydrogens is 220 g/mol. The predicted molar refractivity (Wildman–Crippen MR) is 66.7 cm³/mol. The smallest absolute Gasteiger partial charge is 0.308 e. The molecule has 0 aromatic rings. The zero-order chi connectivity index (χ0) is 12.9. The molecule has 0 radical (unpaired) electrons. The van der Waals surface area contributed by atoms with E-state index in [1.807, 2.05) is 0 Å². The van der Waals surface area contributed by atoms with E-state index in [0.29, 0.717) is 12.8 Å². The number of aliphatic hydroxyl groups is 2. The van der Waals surface area contributed by atoms with Crippen LogP contribution in [0.3, 0.4) is 0 Å². The van der Waals surface area contributed by atoms with Crippen molar-refractivity contribution < 1.29 is 19.7 Å². The summed E-state index contributed by atoms with van der Waals surface area (Å²) in [5, 5.41) is 18.1. The third-order valence-corrected chi connectivity index (χ3v) is 2.61. The Morgan fingerprint density at radius 3 is 2.53 bits per heavy atom. The van der Waals surface area contributed by atoms with Gasteiger partial charge in [0.15, 0.2) is 0 Å². The van der Waals surface area contributed by atoms with E-state index in [2.05, 4.69) is 6.92 Å².